The van der Waals surface area contributed by atoms with Gasteiger partial charge in [0.25, 0.3) is 0 Å². The van der Waals surface area contributed by atoms with Crippen LogP contribution in [0.3, 0.4) is 0 Å². The molecule has 2 aromatic heterocycles. The molecule has 0 saturated heterocycles. The molecular formula is C19H22N4O2S. The molecule has 1 aromatic carbocycles. The summed E-state index contributed by atoms with van der Waals surface area (Å²) in [7, 11) is 1.78. The number of carbonyl (C=O) groups excluding carboxylic acids is 1. The van der Waals surface area contributed by atoms with Crippen LogP contribution in [0.15, 0.2) is 58.3 Å². The Kier molecular flexibility index (Phi) is 5.78. The minimum Gasteiger partial charge on any atom is -0.461 e. The molecule has 0 aliphatic rings. The largest absolute Gasteiger partial charge is 0.461 e. The number of hydrogen-bond donors (Lipinski definition) is 0. The van der Waals surface area contributed by atoms with E-state index in [0.717, 1.165) is 17.4 Å². The van der Waals surface area contributed by atoms with Crippen molar-refractivity contribution < 1.29 is 9.21 Å². The van der Waals surface area contributed by atoms with Gasteiger partial charge in [0.1, 0.15) is 0 Å². The minimum atomic E-state index is 0.0137. The van der Waals surface area contributed by atoms with Gasteiger partial charge >= 0.3 is 0 Å². The molecule has 2 heterocycles. The lowest BCUT2D eigenvalue weighted by Crippen LogP contribution is -2.28. The molecule has 0 saturated carbocycles. The molecule has 0 aliphatic heterocycles. The van der Waals surface area contributed by atoms with Crippen LogP contribution in [0, 0.1) is 5.92 Å². The van der Waals surface area contributed by atoms with E-state index in [-0.39, 0.29) is 5.91 Å². The fraction of sp³-hybridized carbons (Fsp3) is 0.316. The molecule has 26 heavy (non-hydrogen) atoms. The number of benzene rings is 1. The Balaban J connectivity index is 1.74. The van der Waals surface area contributed by atoms with Crippen molar-refractivity contribution in [3.63, 3.8) is 0 Å². The van der Waals surface area contributed by atoms with E-state index in [2.05, 4.69) is 24.0 Å². The van der Waals surface area contributed by atoms with Crippen LogP contribution in [-0.4, -0.2) is 33.5 Å². The molecule has 136 valence electrons. The van der Waals surface area contributed by atoms with Crippen molar-refractivity contribution in [2.75, 3.05) is 17.7 Å². The lowest BCUT2D eigenvalue weighted by molar-refractivity contribution is -0.115. The van der Waals surface area contributed by atoms with Crippen molar-refractivity contribution in [1.82, 2.24) is 14.8 Å². The molecule has 0 spiro atoms. The van der Waals surface area contributed by atoms with Crippen LogP contribution in [0.5, 0.6) is 0 Å². The highest BCUT2D eigenvalue weighted by Crippen LogP contribution is 2.26. The first-order valence-electron chi connectivity index (χ1n) is 8.47. The number of amides is 1. The van der Waals surface area contributed by atoms with Crippen molar-refractivity contribution in [3.8, 4) is 11.6 Å². The molecule has 0 fully saturated rings. The third kappa shape index (κ3) is 4.16. The zero-order valence-corrected chi connectivity index (χ0v) is 15.9. The van der Waals surface area contributed by atoms with Crippen LogP contribution in [0.4, 0.5) is 5.69 Å². The van der Waals surface area contributed by atoms with Gasteiger partial charge in [-0.25, -0.2) is 0 Å². The number of thioether (sulfide) groups is 1. The number of hydrogen-bond acceptors (Lipinski definition) is 5. The van der Waals surface area contributed by atoms with Gasteiger partial charge < -0.3 is 9.32 Å². The highest BCUT2D eigenvalue weighted by atomic mass is 32.2. The van der Waals surface area contributed by atoms with E-state index in [4.69, 9.17) is 4.42 Å². The number of aromatic nitrogens is 3. The standard InChI is InChI=1S/C19H22N4O2S/c1-14(2)12-23-18(16-10-7-11-25-16)20-21-19(23)26-13-17(24)22(3)15-8-5-4-6-9-15/h4-11,14H,12-13H2,1-3H3. The fourth-order valence-corrected chi connectivity index (χ4v) is 3.39. The smallest absolute Gasteiger partial charge is 0.237 e. The summed E-state index contributed by atoms with van der Waals surface area (Å²) >= 11 is 1.39. The van der Waals surface area contributed by atoms with Crippen LogP contribution in [-0.2, 0) is 11.3 Å². The zero-order chi connectivity index (χ0) is 18.5. The molecule has 0 aliphatic carbocycles. The van der Waals surface area contributed by atoms with E-state index < -0.39 is 0 Å². The first kappa shape index (κ1) is 18.3. The zero-order valence-electron chi connectivity index (χ0n) is 15.1. The average Bonchev–Trinajstić information content (AvgIpc) is 3.29. The van der Waals surface area contributed by atoms with Gasteiger partial charge in [-0.2, -0.15) is 0 Å². The average molecular weight is 370 g/mol. The second kappa shape index (κ2) is 8.23. The number of nitrogens with zero attached hydrogens (tertiary/aromatic N) is 4. The van der Waals surface area contributed by atoms with Crippen molar-refractivity contribution in [2.24, 2.45) is 5.92 Å². The summed E-state index contributed by atoms with van der Waals surface area (Å²) in [6, 6.07) is 13.3. The third-order valence-corrected chi connectivity index (χ3v) is 4.80. The van der Waals surface area contributed by atoms with Gasteiger partial charge in [-0.05, 0) is 30.2 Å². The lowest BCUT2D eigenvalue weighted by Gasteiger charge is -2.17. The van der Waals surface area contributed by atoms with E-state index in [9.17, 15) is 4.79 Å². The maximum absolute atomic E-state index is 12.5. The predicted molar refractivity (Wildman–Crippen MR) is 103 cm³/mol. The summed E-state index contributed by atoms with van der Waals surface area (Å²) in [6.07, 6.45) is 1.62. The van der Waals surface area contributed by atoms with Crippen LogP contribution >= 0.6 is 11.8 Å². The van der Waals surface area contributed by atoms with E-state index in [0.29, 0.717) is 23.3 Å². The summed E-state index contributed by atoms with van der Waals surface area (Å²) in [5.74, 6) is 2.09. The predicted octanol–water partition coefficient (Wildman–Crippen LogP) is 3.95. The van der Waals surface area contributed by atoms with Crippen LogP contribution in [0.1, 0.15) is 13.8 Å². The van der Waals surface area contributed by atoms with Crippen LogP contribution in [0.2, 0.25) is 0 Å². The van der Waals surface area contributed by atoms with Gasteiger partial charge in [0, 0.05) is 19.3 Å². The van der Waals surface area contributed by atoms with Crippen LogP contribution < -0.4 is 4.90 Å². The molecule has 0 radical (unpaired) electrons. The summed E-state index contributed by atoms with van der Waals surface area (Å²) in [5, 5.41) is 9.26. The molecule has 3 aromatic rings. The van der Waals surface area contributed by atoms with E-state index >= 15 is 0 Å². The van der Waals surface area contributed by atoms with Crippen molar-refractivity contribution in [1.29, 1.82) is 0 Å². The van der Waals surface area contributed by atoms with Crippen molar-refractivity contribution in [3.05, 3.63) is 48.7 Å². The Labute approximate surface area is 157 Å². The first-order valence-corrected chi connectivity index (χ1v) is 9.46. The van der Waals surface area contributed by atoms with Gasteiger partial charge in [0.2, 0.25) is 5.91 Å². The van der Waals surface area contributed by atoms with E-state index in [1.165, 1.54) is 11.8 Å². The molecule has 0 bridgehead atoms. The summed E-state index contributed by atoms with van der Waals surface area (Å²) in [6.45, 7) is 5.03. The minimum absolute atomic E-state index is 0.0137. The molecule has 0 unspecified atom stereocenters. The molecular weight excluding hydrogens is 348 g/mol. The molecule has 1 amide bonds. The number of furan rings is 1. The Morgan fingerprint density at radius 1 is 1.19 bits per heavy atom. The maximum atomic E-state index is 12.5. The second-order valence-corrected chi connectivity index (χ2v) is 7.31. The van der Waals surface area contributed by atoms with Gasteiger partial charge in [-0.15, -0.1) is 10.2 Å². The topological polar surface area (TPSA) is 64.2 Å². The van der Waals surface area contributed by atoms with Crippen molar-refractivity contribution in [2.45, 2.75) is 25.5 Å². The Hall–Kier alpha value is -2.54. The monoisotopic (exact) mass is 370 g/mol. The normalized spacial score (nSPS) is 11.1. The number of rotatable bonds is 7. The number of para-hydroxylation sites is 1. The molecule has 0 atom stereocenters. The van der Waals surface area contributed by atoms with Crippen LogP contribution in [0.25, 0.3) is 11.6 Å². The maximum Gasteiger partial charge on any atom is 0.237 e. The Morgan fingerprint density at radius 2 is 1.96 bits per heavy atom. The summed E-state index contributed by atoms with van der Waals surface area (Å²) in [4.78, 5) is 14.2. The van der Waals surface area contributed by atoms with Gasteiger partial charge in [-0.3, -0.25) is 9.36 Å². The van der Waals surface area contributed by atoms with E-state index in [1.807, 2.05) is 47.0 Å². The number of carbonyl (C=O) groups is 1. The van der Waals surface area contributed by atoms with Gasteiger partial charge in [-0.1, -0.05) is 43.8 Å². The quantitative estimate of drug-likeness (QED) is 0.589. The highest BCUT2D eigenvalue weighted by molar-refractivity contribution is 7.99. The Morgan fingerprint density at radius 3 is 2.62 bits per heavy atom. The fourth-order valence-electron chi connectivity index (χ4n) is 2.53. The Bertz CT molecular complexity index is 844. The highest BCUT2D eigenvalue weighted by Gasteiger charge is 2.19. The van der Waals surface area contributed by atoms with Crippen molar-refractivity contribution >= 4 is 23.4 Å². The SMILES string of the molecule is CC(C)Cn1c(SCC(=O)N(C)c2ccccc2)nnc1-c1ccco1. The summed E-state index contributed by atoms with van der Waals surface area (Å²) in [5.41, 5.74) is 0.873. The molecule has 6 nitrogen and oxygen atoms in total. The van der Waals surface area contributed by atoms with E-state index in [1.54, 1.807) is 18.2 Å². The third-order valence-electron chi connectivity index (χ3n) is 3.85. The first-order chi connectivity index (χ1) is 12.6. The lowest BCUT2D eigenvalue weighted by atomic mass is 10.2. The van der Waals surface area contributed by atoms with Gasteiger partial charge in [0.15, 0.2) is 16.7 Å². The second-order valence-electron chi connectivity index (χ2n) is 6.36. The summed E-state index contributed by atoms with van der Waals surface area (Å²) < 4.78 is 7.49. The molecule has 7 heteroatoms. The number of anilines is 1. The molecule has 0 N–H and O–H groups in total. The molecule has 3 rings (SSSR count). The van der Waals surface area contributed by atoms with Gasteiger partial charge in [0.05, 0.1) is 12.0 Å².